The van der Waals surface area contributed by atoms with Crippen LogP contribution in [0.5, 0.6) is 17.4 Å². The van der Waals surface area contributed by atoms with Crippen LogP contribution < -0.4 is 14.8 Å². The molecule has 0 spiro atoms. The number of hydrogen-bond donors (Lipinski definition) is 1. The van der Waals surface area contributed by atoms with Crippen LogP contribution in [0.2, 0.25) is 0 Å². The number of benzene rings is 2. The zero-order valence-electron chi connectivity index (χ0n) is 16.6. The number of aromatic nitrogens is 3. The van der Waals surface area contributed by atoms with Crippen LogP contribution in [0.4, 0.5) is 18.9 Å². The van der Waals surface area contributed by atoms with Crippen molar-refractivity contribution in [3.8, 4) is 17.4 Å². The number of para-hydroxylation sites is 2. The SMILES string of the molecule is Cc1ccc(NC(=O)c2nc3ccccc3nc2Oc2ccc(OC(F)(F)F)cc2)cn1. The molecular formula is C22H15F3N4O3. The molecular weight excluding hydrogens is 425 g/mol. The molecule has 4 aromatic rings. The third-order valence-electron chi connectivity index (χ3n) is 4.19. The van der Waals surface area contributed by atoms with Gasteiger partial charge in [0.05, 0.1) is 22.9 Å². The number of amides is 1. The summed E-state index contributed by atoms with van der Waals surface area (Å²) in [6, 6.07) is 15.0. The maximum atomic E-state index is 12.9. The summed E-state index contributed by atoms with van der Waals surface area (Å²) in [6.07, 6.45) is -3.30. The lowest BCUT2D eigenvalue weighted by atomic mass is 10.2. The molecule has 0 bridgehead atoms. The molecule has 2 aromatic heterocycles. The zero-order chi connectivity index (χ0) is 22.7. The van der Waals surface area contributed by atoms with E-state index < -0.39 is 18.0 Å². The predicted octanol–water partition coefficient (Wildman–Crippen LogP) is 5.28. The summed E-state index contributed by atoms with van der Waals surface area (Å²) in [5.41, 5.74) is 2.10. The maximum Gasteiger partial charge on any atom is 0.573 e. The Kier molecular flexibility index (Phi) is 5.59. The Labute approximate surface area is 179 Å². The lowest BCUT2D eigenvalue weighted by Gasteiger charge is -2.12. The Bertz CT molecular complexity index is 1260. The molecule has 4 rings (SSSR count). The van der Waals surface area contributed by atoms with Crippen molar-refractivity contribution in [1.29, 1.82) is 0 Å². The van der Waals surface area contributed by atoms with Gasteiger partial charge in [-0.2, -0.15) is 0 Å². The van der Waals surface area contributed by atoms with Gasteiger partial charge in [-0.1, -0.05) is 12.1 Å². The van der Waals surface area contributed by atoms with Crippen LogP contribution in [0, 0.1) is 6.92 Å². The van der Waals surface area contributed by atoms with E-state index in [1.807, 2.05) is 6.92 Å². The van der Waals surface area contributed by atoms with Gasteiger partial charge in [0.2, 0.25) is 0 Å². The van der Waals surface area contributed by atoms with Gasteiger partial charge < -0.3 is 14.8 Å². The second-order valence-corrected chi connectivity index (χ2v) is 6.63. The molecule has 0 fully saturated rings. The number of aryl methyl sites for hydroxylation is 1. The smallest absolute Gasteiger partial charge is 0.437 e. The fourth-order valence-electron chi connectivity index (χ4n) is 2.76. The number of nitrogens with zero attached hydrogens (tertiary/aromatic N) is 3. The molecule has 1 amide bonds. The van der Waals surface area contributed by atoms with Crippen molar-refractivity contribution < 1.29 is 27.4 Å². The first-order valence-corrected chi connectivity index (χ1v) is 9.31. The lowest BCUT2D eigenvalue weighted by Crippen LogP contribution is -2.17. The van der Waals surface area contributed by atoms with Crippen LogP contribution in [0.15, 0.2) is 66.9 Å². The van der Waals surface area contributed by atoms with Crippen molar-refractivity contribution >= 4 is 22.6 Å². The summed E-state index contributed by atoms with van der Waals surface area (Å²) < 4.78 is 46.6. The summed E-state index contributed by atoms with van der Waals surface area (Å²) in [7, 11) is 0. The highest BCUT2D eigenvalue weighted by atomic mass is 19.4. The standard InChI is InChI=1S/C22H15F3N4O3/c1-13-6-7-14(12-26-13)27-20(30)19-21(29-18-5-3-2-4-17(18)28-19)31-15-8-10-16(11-9-15)32-22(23,24)25/h2-12H,1H3,(H,27,30). The fourth-order valence-corrected chi connectivity index (χ4v) is 2.76. The number of rotatable bonds is 5. The number of hydrogen-bond acceptors (Lipinski definition) is 6. The second-order valence-electron chi connectivity index (χ2n) is 6.63. The highest BCUT2D eigenvalue weighted by Gasteiger charge is 2.31. The molecule has 7 nitrogen and oxygen atoms in total. The van der Waals surface area contributed by atoms with Gasteiger partial charge in [-0.3, -0.25) is 9.78 Å². The molecule has 1 N–H and O–H groups in total. The number of halogens is 3. The molecule has 0 atom stereocenters. The third-order valence-corrected chi connectivity index (χ3v) is 4.19. The summed E-state index contributed by atoms with van der Waals surface area (Å²) in [4.78, 5) is 25.7. The summed E-state index contributed by atoms with van der Waals surface area (Å²) in [6.45, 7) is 1.82. The molecule has 0 radical (unpaired) electrons. The lowest BCUT2D eigenvalue weighted by molar-refractivity contribution is -0.274. The Morgan fingerprint density at radius 1 is 0.906 bits per heavy atom. The van der Waals surface area contributed by atoms with Gasteiger partial charge in [0.1, 0.15) is 11.5 Å². The first-order valence-electron chi connectivity index (χ1n) is 9.31. The molecule has 0 saturated heterocycles. The van der Waals surface area contributed by atoms with E-state index in [0.29, 0.717) is 16.7 Å². The van der Waals surface area contributed by atoms with Gasteiger partial charge in [-0.25, -0.2) is 9.97 Å². The molecule has 10 heteroatoms. The van der Waals surface area contributed by atoms with Crippen LogP contribution >= 0.6 is 0 Å². The van der Waals surface area contributed by atoms with Crippen molar-refractivity contribution in [2.45, 2.75) is 13.3 Å². The molecule has 2 heterocycles. The van der Waals surface area contributed by atoms with Crippen molar-refractivity contribution in [2.24, 2.45) is 0 Å². The van der Waals surface area contributed by atoms with E-state index in [0.717, 1.165) is 17.8 Å². The molecule has 2 aromatic carbocycles. The number of fused-ring (bicyclic) bond motifs is 1. The van der Waals surface area contributed by atoms with E-state index in [1.54, 1.807) is 36.4 Å². The van der Waals surface area contributed by atoms with Gasteiger partial charge in [0, 0.05) is 5.69 Å². The summed E-state index contributed by atoms with van der Waals surface area (Å²) in [5, 5.41) is 2.68. The topological polar surface area (TPSA) is 86.2 Å². The Morgan fingerprint density at radius 2 is 1.56 bits per heavy atom. The summed E-state index contributed by atoms with van der Waals surface area (Å²) >= 11 is 0. The van der Waals surface area contributed by atoms with E-state index in [1.165, 1.54) is 18.3 Å². The summed E-state index contributed by atoms with van der Waals surface area (Å²) in [5.74, 6) is -0.943. The van der Waals surface area contributed by atoms with Gasteiger partial charge in [-0.15, -0.1) is 13.2 Å². The number of anilines is 1. The number of carbonyl (C=O) groups excluding carboxylic acids is 1. The van der Waals surface area contributed by atoms with Crippen molar-refractivity contribution in [3.63, 3.8) is 0 Å². The highest BCUT2D eigenvalue weighted by Crippen LogP contribution is 2.29. The minimum atomic E-state index is -4.80. The maximum absolute atomic E-state index is 12.9. The average Bonchev–Trinajstić information content (AvgIpc) is 2.75. The number of alkyl halides is 3. The predicted molar refractivity (Wildman–Crippen MR) is 110 cm³/mol. The highest BCUT2D eigenvalue weighted by molar-refractivity contribution is 6.05. The quantitative estimate of drug-likeness (QED) is 0.455. The minimum absolute atomic E-state index is 0.0973. The van der Waals surface area contributed by atoms with Crippen LogP contribution in [-0.4, -0.2) is 27.2 Å². The number of ether oxygens (including phenoxy) is 2. The number of carbonyl (C=O) groups is 1. The molecule has 0 saturated carbocycles. The van der Waals surface area contributed by atoms with Crippen molar-refractivity contribution in [3.05, 3.63) is 78.2 Å². The minimum Gasteiger partial charge on any atom is -0.437 e. The van der Waals surface area contributed by atoms with Crippen LogP contribution in [0.1, 0.15) is 16.2 Å². The Morgan fingerprint density at radius 3 is 2.19 bits per heavy atom. The first kappa shape index (κ1) is 21.0. The van der Waals surface area contributed by atoms with E-state index in [-0.39, 0.29) is 17.3 Å². The average molecular weight is 440 g/mol. The van der Waals surface area contributed by atoms with E-state index in [9.17, 15) is 18.0 Å². The van der Waals surface area contributed by atoms with Crippen molar-refractivity contribution in [1.82, 2.24) is 15.0 Å². The third kappa shape index (κ3) is 5.09. The molecule has 0 aliphatic rings. The first-order chi connectivity index (χ1) is 15.3. The Hall–Kier alpha value is -4.21. The monoisotopic (exact) mass is 440 g/mol. The van der Waals surface area contributed by atoms with Gasteiger partial charge >= 0.3 is 6.36 Å². The molecule has 0 aliphatic carbocycles. The van der Waals surface area contributed by atoms with E-state index in [4.69, 9.17) is 4.74 Å². The normalized spacial score (nSPS) is 11.2. The largest absolute Gasteiger partial charge is 0.573 e. The van der Waals surface area contributed by atoms with Gasteiger partial charge in [0.25, 0.3) is 11.8 Å². The van der Waals surface area contributed by atoms with E-state index in [2.05, 4.69) is 25.0 Å². The molecule has 32 heavy (non-hydrogen) atoms. The van der Waals surface area contributed by atoms with Crippen LogP contribution in [0.3, 0.4) is 0 Å². The Balaban J connectivity index is 1.65. The molecule has 162 valence electrons. The number of pyridine rings is 1. The second kappa shape index (κ2) is 8.50. The molecule has 0 unspecified atom stereocenters. The zero-order valence-corrected chi connectivity index (χ0v) is 16.6. The van der Waals surface area contributed by atoms with Crippen molar-refractivity contribution in [2.75, 3.05) is 5.32 Å². The van der Waals surface area contributed by atoms with Crippen LogP contribution in [0.25, 0.3) is 11.0 Å². The van der Waals surface area contributed by atoms with Gasteiger partial charge in [0.15, 0.2) is 5.69 Å². The van der Waals surface area contributed by atoms with Gasteiger partial charge in [-0.05, 0) is 55.5 Å². The number of nitrogens with one attached hydrogen (secondary N) is 1. The van der Waals surface area contributed by atoms with E-state index >= 15 is 0 Å². The fraction of sp³-hybridized carbons (Fsp3) is 0.0909. The van der Waals surface area contributed by atoms with Crippen LogP contribution in [-0.2, 0) is 0 Å². The molecule has 0 aliphatic heterocycles.